The van der Waals surface area contributed by atoms with Crippen molar-refractivity contribution in [3.8, 4) is 0 Å². The summed E-state index contributed by atoms with van der Waals surface area (Å²) in [5.41, 5.74) is 2.68. The van der Waals surface area contributed by atoms with E-state index in [2.05, 4.69) is 5.32 Å². The number of esters is 1. The molecule has 2 heterocycles. The van der Waals surface area contributed by atoms with Crippen LogP contribution >= 0.6 is 11.3 Å². The van der Waals surface area contributed by atoms with E-state index in [-0.39, 0.29) is 24.3 Å². The molecular weight excluding hydrogens is 412 g/mol. The molecule has 1 aliphatic heterocycles. The minimum absolute atomic E-state index is 0.0550. The van der Waals surface area contributed by atoms with Gasteiger partial charge >= 0.3 is 5.97 Å². The zero-order chi connectivity index (χ0) is 21.8. The van der Waals surface area contributed by atoms with Crippen LogP contribution in [0.4, 0.5) is 5.69 Å². The molecule has 158 valence electrons. The molecule has 0 spiro atoms. The summed E-state index contributed by atoms with van der Waals surface area (Å²) in [5, 5.41) is 4.81. The first-order valence-electron chi connectivity index (χ1n) is 10.1. The Morgan fingerprint density at radius 1 is 1.10 bits per heavy atom. The van der Waals surface area contributed by atoms with Crippen LogP contribution in [0.15, 0.2) is 66.0 Å². The van der Waals surface area contributed by atoms with Gasteiger partial charge in [0.2, 0.25) is 5.91 Å². The van der Waals surface area contributed by atoms with Crippen molar-refractivity contribution in [3.05, 3.63) is 87.6 Å². The molecule has 31 heavy (non-hydrogen) atoms. The van der Waals surface area contributed by atoms with Crippen LogP contribution < -0.4 is 5.32 Å². The van der Waals surface area contributed by atoms with Gasteiger partial charge in [0.25, 0.3) is 5.91 Å². The second-order valence-corrected chi connectivity index (χ2v) is 8.15. The Kier molecular flexibility index (Phi) is 6.13. The Bertz CT molecular complexity index is 1090. The van der Waals surface area contributed by atoms with E-state index >= 15 is 0 Å². The van der Waals surface area contributed by atoms with Crippen LogP contribution in [0.3, 0.4) is 0 Å². The van der Waals surface area contributed by atoms with Crippen molar-refractivity contribution in [2.75, 3.05) is 11.9 Å². The topological polar surface area (TPSA) is 75.7 Å². The zero-order valence-electron chi connectivity index (χ0n) is 17.0. The fourth-order valence-electron chi connectivity index (χ4n) is 3.67. The number of ether oxygens (including phenoxy) is 1. The van der Waals surface area contributed by atoms with E-state index in [0.29, 0.717) is 30.0 Å². The van der Waals surface area contributed by atoms with Gasteiger partial charge < -0.3 is 15.0 Å². The molecule has 0 radical (unpaired) electrons. The third-order valence-electron chi connectivity index (χ3n) is 5.16. The summed E-state index contributed by atoms with van der Waals surface area (Å²) in [5.74, 6) is -0.656. The van der Waals surface area contributed by atoms with Gasteiger partial charge in [0.1, 0.15) is 0 Å². The zero-order valence-corrected chi connectivity index (χ0v) is 17.9. The predicted octanol–water partition coefficient (Wildman–Crippen LogP) is 4.65. The smallest absolute Gasteiger partial charge is 0.338 e. The Hall–Kier alpha value is -3.45. The summed E-state index contributed by atoms with van der Waals surface area (Å²) in [7, 11) is 0. The highest BCUT2D eigenvalue weighted by Crippen LogP contribution is 2.35. The summed E-state index contributed by atoms with van der Waals surface area (Å²) in [6.45, 7) is 2.54. The van der Waals surface area contributed by atoms with Gasteiger partial charge in [-0.25, -0.2) is 4.79 Å². The Balaban J connectivity index is 1.48. The first kappa shape index (κ1) is 20.8. The number of rotatable bonds is 7. The molecular formula is C24H22N2O4S. The minimum atomic E-state index is -0.398. The summed E-state index contributed by atoms with van der Waals surface area (Å²) in [4.78, 5) is 40.3. The van der Waals surface area contributed by atoms with Crippen LogP contribution in [0.1, 0.15) is 50.5 Å². The number of benzene rings is 2. The minimum Gasteiger partial charge on any atom is -0.462 e. The molecule has 1 aromatic heterocycles. The molecule has 0 unspecified atom stereocenters. The second-order valence-electron chi connectivity index (χ2n) is 7.17. The summed E-state index contributed by atoms with van der Waals surface area (Å²) in [6, 6.07) is 17.6. The van der Waals surface area contributed by atoms with Gasteiger partial charge in [0, 0.05) is 22.7 Å². The van der Waals surface area contributed by atoms with E-state index in [1.54, 1.807) is 36.1 Å². The van der Waals surface area contributed by atoms with Crippen molar-refractivity contribution in [2.24, 2.45) is 0 Å². The monoisotopic (exact) mass is 434 g/mol. The predicted molar refractivity (Wildman–Crippen MR) is 119 cm³/mol. The van der Waals surface area contributed by atoms with Gasteiger partial charge in [-0.05, 0) is 54.3 Å². The molecule has 2 aromatic carbocycles. The quantitative estimate of drug-likeness (QED) is 0.549. The molecule has 0 fully saturated rings. The molecule has 1 atom stereocenters. The summed E-state index contributed by atoms with van der Waals surface area (Å²) < 4.78 is 4.97. The summed E-state index contributed by atoms with van der Waals surface area (Å²) in [6.07, 6.45) is 0.139. The average Bonchev–Trinajstić information content (AvgIpc) is 3.42. The van der Waals surface area contributed by atoms with Crippen molar-refractivity contribution in [1.82, 2.24) is 4.90 Å². The molecule has 1 aliphatic rings. The molecule has 0 saturated heterocycles. The molecule has 0 saturated carbocycles. The Morgan fingerprint density at radius 3 is 2.55 bits per heavy atom. The molecule has 7 heteroatoms. The van der Waals surface area contributed by atoms with Gasteiger partial charge in [-0.2, -0.15) is 0 Å². The number of nitrogens with zero attached hydrogens (tertiary/aromatic N) is 1. The molecule has 6 nitrogen and oxygen atoms in total. The van der Waals surface area contributed by atoms with Crippen LogP contribution in [0.25, 0.3) is 0 Å². The normalized spacial score (nSPS) is 13.6. The van der Waals surface area contributed by atoms with Crippen molar-refractivity contribution < 1.29 is 19.1 Å². The molecule has 0 bridgehead atoms. The second kappa shape index (κ2) is 9.14. The van der Waals surface area contributed by atoms with Crippen molar-refractivity contribution in [3.63, 3.8) is 0 Å². The van der Waals surface area contributed by atoms with E-state index in [1.807, 2.05) is 41.8 Å². The highest BCUT2D eigenvalue weighted by atomic mass is 32.1. The van der Waals surface area contributed by atoms with Gasteiger partial charge in [-0.15, -0.1) is 11.3 Å². The van der Waals surface area contributed by atoms with Crippen LogP contribution in [0.5, 0.6) is 0 Å². The number of fused-ring (bicyclic) bond motifs is 1. The van der Waals surface area contributed by atoms with Crippen molar-refractivity contribution >= 4 is 34.8 Å². The number of thiophene rings is 1. The van der Waals surface area contributed by atoms with Crippen LogP contribution in [-0.2, 0) is 16.1 Å². The van der Waals surface area contributed by atoms with Crippen LogP contribution in [0, 0.1) is 0 Å². The van der Waals surface area contributed by atoms with Gasteiger partial charge in [0.15, 0.2) is 0 Å². The fourth-order valence-corrected chi connectivity index (χ4v) is 4.50. The summed E-state index contributed by atoms with van der Waals surface area (Å²) >= 11 is 1.53. The van der Waals surface area contributed by atoms with Gasteiger partial charge in [-0.1, -0.05) is 24.3 Å². The van der Waals surface area contributed by atoms with Crippen LogP contribution in [-0.4, -0.2) is 29.3 Å². The number of carbonyl (C=O) groups is 3. The first-order valence-corrected chi connectivity index (χ1v) is 10.9. The third kappa shape index (κ3) is 4.51. The highest BCUT2D eigenvalue weighted by molar-refractivity contribution is 7.10. The third-order valence-corrected chi connectivity index (χ3v) is 6.13. The molecule has 4 rings (SSSR count). The van der Waals surface area contributed by atoms with E-state index in [1.165, 1.54) is 11.3 Å². The lowest BCUT2D eigenvalue weighted by Crippen LogP contribution is -2.31. The number of amides is 2. The number of hydrogen-bond donors (Lipinski definition) is 1. The largest absolute Gasteiger partial charge is 0.462 e. The van der Waals surface area contributed by atoms with E-state index in [9.17, 15) is 14.4 Å². The maximum absolute atomic E-state index is 13.0. The molecule has 0 aliphatic carbocycles. The molecule has 1 N–H and O–H groups in total. The van der Waals surface area contributed by atoms with Crippen molar-refractivity contribution in [2.45, 2.75) is 25.9 Å². The SMILES string of the molecule is CCOC(=O)c1ccc(NC(=O)C[C@@H](c2cccs2)N2Cc3ccccc3C2=O)cc1. The number of anilines is 1. The van der Waals surface area contributed by atoms with E-state index in [0.717, 1.165) is 10.4 Å². The highest BCUT2D eigenvalue weighted by Gasteiger charge is 2.34. The maximum atomic E-state index is 13.0. The number of hydrogen-bond acceptors (Lipinski definition) is 5. The van der Waals surface area contributed by atoms with E-state index < -0.39 is 5.97 Å². The average molecular weight is 435 g/mol. The molecule has 2 amide bonds. The van der Waals surface area contributed by atoms with E-state index in [4.69, 9.17) is 4.74 Å². The number of nitrogens with one attached hydrogen (secondary N) is 1. The lowest BCUT2D eigenvalue weighted by molar-refractivity contribution is -0.117. The molecule has 3 aromatic rings. The standard InChI is InChI=1S/C24H22N2O4S/c1-2-30-24(29)16-9-11-18(12-10-16)25-22(27)14-20(21-8-5-13-31-21)26-15-17-6-3-4-7-19(17)23(26)28/h3-13,20H,2,14-15H2,1H3,(H,25,27)/t20-/m0/s1. The lowest BCUT2D eigenvalue weighted by Gasteiger charge is -2.26. The van der Waals surface area contributed by atoms with Crippen molar-refractivity contribution in [1.29, 1.82) is 0 Å². The van der Waals surface area contributed by atoms with Gasteiger partial charge in [0.05, 0.1) is 24.6 Å². The number of carbonyl (C=O) groups excluding carboxylic acids is 3. The maximum Gasteiger partial charge on any atom is 0.338 e. The Labute approximate surface area is 184 Å². The van der Waals surface area contributed by atoms with Gasteiger partial charge in [-0.3, -0.25) is 9.59 Å². The van der Waals surface area contributed by atoms with Crippen LogP contribution in [0.2, 0.25) is 0 Å². The Morgan fingerprint density at radius 2 is 1.87 bits per heavy atom. The lowest BCUT2D eigenvalue weighted by atomic mass is 10.1. The first-order chi connectivity index (χ1) is 15.1. The fraction of sp³-hybridized carbons (Fsp3) is 0.208.